The maximum Gasteiger partial charge on any atom is 0.282 e. The standard InChI is InChI=1S/C24H15ClFN3O5/c1-12-9-10-13(11-16(12)25)27-20(14-5-2-3-7-17(14)26)21(24(27)32)28-22(30)15-6-4-8-18(29(33)34)19(15)23(28)31/h2-11,20-21H,1H3. The van der Waals surface area contributed by atoms with Crippen LogP contribution in [0.1, 0.15) is 37.9 Å². The number of nitro benzene ring substituents is 1. The number of amides is 3. The average Bonchev–Trinajstić information content (AvgIpc) is 3.05. The number of carbonyl (C=O) groups excluding carboxylic acids is 3. The molecule has 5 rings (SSSR count). The monoisotopic (exact) mass is 479 g/mol. The molecule has 3 aromatic carbocycles. The summed E-state index contributed by atoms with van der Waals surface area (Å²) in [7, 11) is 0. The van der Waals surface area contributed by atoms with E-state index in [0.717, 1.165) is 11.6 Å². The Morgan fingerprint density at radius 2 is 1.68 bits per heavy atom. The fraction of sp³-hybridized carbons (Fsp3) is 0.125. The Hall–Kier alpha value is -4.11. The van der Waals surface area contributed by atoms with Gasteiger partial charge in [0.15, 0.2) is 0 Å². The maximum atomic E-state index is 14.9. The Morgan fingerprint density at radius 3 is 2.35 bits per heavy atom. The number of fused-ring (bicyclic) bond motifs is 1. The molecule has 3 amide bonds. The first-order chi connectivity index (χ1) is 16.2. The van der Waals surface area contributed by atoms with Crippen LogP contribution < -0.4 is 4.90 Å². The summed E-state index contributed by atoms with van der Waals surface area (Å²) in [6.07, 6.45) is 0. The van der Waals surface area contributed by atoms with Gasteiger partial charge in [-0.2, -0.15) is 0 Å². The highest BCUT2D eigenvalue weighted by Gasteiger charge is 2.58. The summed E-state index contributed by atoms with van der Waals surface area (Å²) in [6, 6.07) is 11.9. The lowest BCUT2D eigenvalue weighted by Crippen LogP contribution is -2.67. The van der Waals surface area contributed by atoms with Crippen molar-refractivity contribution in [2.75, 3.05) is 4.90 Å². The SMILES string of the molecule is Cc1ccc(N2C(=O)C(N3C(=O)c4cccc([N+](=O)[O-])c4C3=O)C2c2ccccc2F)cc1Cl. The van der Waals surface area contributed by atoms with E-state index in [1.165, 1.54) is 35.2 Å². The highest BCUT2D eigenvalue weighted by atomic mass is 35.5. The second-order valence-corrected chi connectivity index (χ2v) is 8.40. The van der Waals surface area contributed by atoms with E-state index < -0.39 is 46.2 Å². The number of nitrogens with zero attached hydrogens (tertiary/aromatic N) is 3. The molecule has 0 saturated carbocycles. The number of benzene rings is 3. The molecule has 2 aliphatic rings. The van der Waals surface area contributed by atoms with Gasteiger partial charge >= 0.3 is 0 Å². The van der Waals surface area contributed by atoms with Gasteiger partial charge in [0.1, 0.15) is 17.4 Å². The molecule has 8 nitrogen and oxygen atoms in total. The van der Waals surface area contributed by atoms with E-state index in [9.17, 15) is 28.9 Å². The first-order valence-electron chi connectivity index (χ1n) is 10.2. The molecule has 0 N–H and O–H groups in total. The summed E-state index contributed by atoms with van der Waals surface area (Å²) in [5, 5.41) is 11.8. The minimum absolute atomic E-state index is 0.0925. The molecule has 0 aliphatic carbocycles. The number of imide groups is 1. The third-order valence-corrected chi connectivity index (χ3v) is 6.53. The molecule has 3 aromatic rings. The predicted octanol–water partition coefficient (Wildman–Crippen LogP) is 4.45. The molecule has 10 heteroatoms. The predicted molar refractivity (Wildman–Crippen MR) is 120 cm³/mol. The largest absolute Gasteiger partial charge is 0.300 e. The number of anilines is 1. The highest BCUT2D eigenvalue weighted by Crippen LogP contribution is 2.46. The number of hydrogen-bond acceptors (Lipinski definition) is 5. The van der Waals surface area contributed by atoms with Crippen molar-refractivity contribution in [3.8, 4) is 0 Å². The highest BCUT2D eigenvalue weighted by molar-refractivity contribution is 6.32. The van der Waals surface area contributed by atoms with Crippen LogP contribution in [0.4, 0.5) is 15.8 Å². The van der Waals surface area contributed by atoms with Crippen LogP contribution in [-0.4, -0.2) is 33.6 Å². The molecule has 0 bridgehead atoms. The second-order valence-electron chi connectivity index (χ2n) is 7.99. The van der Waals surface area contributed by atoms with Crippen molar-refractivity contribution in [1.82, 2.24) is 4.90 Å². The lowest BCUT2D eigenvalue weighted by atomic mass is 9.86. The zero-order valence-corrected chi connectivity index (χ0v) is 18.3. The van der Waals surface area contributed by atoms with Gasteiger partial charge in [-0.1, -0.05) is 41.9 Å². The fourth-order valence-corrected chi connectivity index (χ4v) is 4.63. The smallest absolute Gasteiger partial charge is 0.282 e. The van der Waals surface area contributed by atoms with Crippen molar-refractivity contribution in [2.24, 2.45) is 0 Å². The zero-order chi connectivity index (χ0) is 24.3. The number of β-lactam (4-membered cyclic amide) rings is 1. The normalized spacial score (nSPS) is 19.3. The van der Waals surface area contributed by atoms with E-state index in [1.54, 1.807) is 31.2 Å². The summed E-state index contributed by atoms with van der Waals surface area (Å²) in [4.78, 5) is 52.4. The molecular formula is C24H15ClFN3O5. The van der Waals surface area contributed by atoms with Crippen LogP contribution in [0.3, 0.4) is 0 Å². The number of halogens is 2. The first-order valence-corrected chi connectivity index (χ1v) is 10.6. The Bertz CT molecular complexity index is 1430. The van der Waals surface area contributed by atoms with Gasteiger partial charge in [-0.25, -0.2) is 4.39 Å². The Morgan fingerprint density at radius 1 is 0.941 bits per heavy atom. The molecule has 2 atom stereocenters. The van der Waals surface area contributed by atoms with Crippen molar-refractivity contribution in [3.05, 3.63) is 104 Å². The number of rotatable bonds is 4. The number of carbonyl (C=O) groups is 3. The van der Waals surface area contributed by atoms with Crippen LogP contribution in [0.15, 0.2) is 60.7 Å². The molecule has 2 unspecified atom stereocenters. The number of nitro groups is 1. The van der Waals surface area contributed by atoms with Crippen molar-refractivity contribution < 1.29 is 23.7 Å². The summed E-state index contributed by atoms with van der Waals surface area (Å²) >= 11 is 6.23. The Kier molecular flexibility index (Phi) is 4.94. The summed E-state index contributed by atoms with van der Waals surface area (Å²) in [6.45, 7) is 1.78. The maximum absolute atomic E-state index is 14.9. The molecule has 1 fully saturated rings. The minimum Gasteiger partial charge on any atom is -0.300 e. The van der Waals surface area contributed by atoms with Gasteiger partial charge < -0.3 is 4.90 Å². The Balaban J connectivity index is 1.63. The zero-order valence-electron chi connectivity index (χ0n) is 17.6. The number of hydrogen-bond donors (Lipinski definition) is 0. The average molecular weight is 480 g/mol. The molecule has 34 heavy (non-hydrogen) atoms. The van der Waals surface area contributed by atoms with Crippen LogP contribution in [0, 0.1) is 22.9 Å². The van der Waals surface area contributed by atoms with Crippen LogP contribution in [0.25, 0.3) is 0 Å². The molecule has 0 radical (unpaired) electrons. The topological polar surface area (TPSA) is 101 Å². The second kappa shape index (κ2) is 7.74. The molecule has 2 aliphatic heterocycles. The van der Waals surface area contributed by atoms with E-state index in [2.05, 4.69) is 0 Å². The van der Waals surface area contributed by atoms with Crippen molar-refractivity contribution in [3.63, 3.8) is 0 Å². The number of aryl methyl sites for hydroxylation is 1. The Labute approximate surface area is 197 Å². The fourth-order valence-electron chi connectivity index (χ4n) is 4.46. The van der Waals surface area contributed by atoms with Gasteiger partial charge in [0.05, 0.1) is 16.5 Å². The molecule has 0 spiro atoms. The minimum atomic E-state index is -1.39. The van der Waals surface area contributed by atoms with E-state index in [-0.39, 0.29) is 16.7 Å². The summed E-state index contributed by atoms with van der Waals surface area (Å²) < 4.78 is 14.9. The van der Waals surface area contributed by atoms with Crippen molar-refractivity contribution in [2.45, 2.75) is 19.0 Å². The molecule has 2 heterocycles. The van der Waals surface area contributed by atoms with E-state index in [0.29, 0.717) is 15.6 Å². The van der Waals surface area contributed by atoms with Crippen LogP contribution in [-0.2, 0) is 4.79 Å². The van der Waals surface area contributed by atoms with E-state index in [4.69, 9.17) is 11.6 Å². The van der Waals surface area contributed by atoms with Crippen LogP contribution >= 0.6 is 11.6 Å². The molecular weight excluding hydrogens is 465 g/mol. The van der Waals surface area contributed by atoms with Crippen LogP contribution in [0.5, 0.6) is 0 Å². The quantitative estimate of drug-likeness (QED) is 0.238. The van der Waals surface area contributed by atoms with Crippen molar-refractivity contribution in [1.29, 1.82) is 0 Å². The molecule has 0 aromatic heterocycles. The lowest BCUT2D eigenvalue weighted by Gasteiger charge is -2.49. The summed E-state index contributed by atoms with van der Waals surface area (Å²) in [5.74, 6) is -3.07. The third-order valence-electron chi connectivity index (χ3n) is 6.12. The first kappa shape index (κ1) is 21.7. The van der Waals surface area contributed by atoms with E-state index >= 15 is 0 Å². The van der Waals surface area contributed by atoms with Gasteiger partial charge in [-0.15, -0.1) is 0 Å². The molecule has 1 saturated heterocycles. The van der Waals surface area contributed by atoms with Gasteiger partial charge in [0.2, 0.25) is 0 Å². The van der Waals surface area contributed by atoms with Gasteiger partial charge in [0.25, 0.3) is 23.4 Å². The third kappa shape index (κ3) is 3.01. The molecule has 170 valence electrons. The summed E-state index contributed by atoms with van der Waals surface area (Å²) in [5.41, 5.74) is 0.146. The van der Waals surface area contributed by atoms with E-state index in [1.807, 2.05) is 0 Å². The van der Waals surface area contributed by atoms with Gasteiger partial charge in [-0.05, 0) is 36.8 Å². The lowest BCUT2D eigenvalue weighted by molar-refractivity contribution is -0.385. The van der Waals surface area contributed by atoms with Crippen LogP contribution in [0.2, 0.25) is 5.02 Å². The van der Waals surface area contributed by atoms with Gasteiger partial charge in [0, 0.05) is 22.3 Å². The van der Waals surface area contributed by atoms with Gasteiger partial charge in [-0.3, -0.25) is 29.4 Å². The van der Waals surface area contributed by atoms with Crippen molar-refractivity contribution >= 4 is 40.7 Å².